The highest BCUT2D eigenvalue weighted by atomic mass is 127. The number of alkyl halides is 1. The van der Waals surface area contributed by atoms with Crippen LogP contribution in [0.2, 0.25) is 0 Å². The van der Waals surface area contributed by atoms with Crippen molar-refractivity contribution in [3.63, 3.8) is 0 Å². The van der Waals surface area contributed by atoms with Crippen LogP contribution >= 0.6 is 22.6 Å². The third kappa shape index (κ3) is 2.54. The topological polar surface area (TPSA) is 57.5 Å². The second kappa shape index (κ2) is 6.36. The minimum atomic E-state index is -0.314. The van der Waals surface area contributed by atoms with Crippen molar-refractivity contribution in [2.24, 2.45) is 17.3 Å². The van der Waals surface area contributed by atoms with Crippen molar-refractivity contribution in [1.82, 2.24) is 0 Å². The molecule has 0 aromatic heterocycles. The van der Waals surface area contributed by atoms with Crippen LogP contribution in [0.15, 0.2) is 12.1 Å². The molecule has 1 aromatic carbocycles. The fourth-order valence-corrected chi connectivity index (χ4v) is 7.01. The van der Waals surface area contributed by atoms with E-state index >= 15 is 0 Å². The minimum Gasteiger partial charge on any atom is -0.507 e. The number of carbonyl (C=O) groups is 1. The zero-order valence-electron chi connectivity index (χ0n) is 16.6. The monoisotopic (exact) mass is 482 g/mol. The minimum absolute atomic E-state index is 0.0330. The molecule has 27 heavy (non-hydrogen) atoms. The van der Waals surface area contributed by atoms with E-state index in [0.717, 1.165) is 24.8 Å². The van der Waals surface area contributed by atoms with Gasteiger partial charge in [0.2, 0.25) is 0 Å². The van der Waals surface area contributed by atoms with E-state index in [1.165, 1.54) is 23.7 Å². The summed E-state index contributed by atoms with van der Waals surface area (Å²) in [6.07, 6.45) is 7.39. The molecule has 0 radical (unpaired) electrons. The first kappa shape index (κ1) is 19.5. The summed E-state index contributed by atoms with van der Waals surface area (Å²) < 4.78 is 1.22. The Balaban J connectivity index is 1.56. The number of benzene rings is 1. The zero-order valence-corrected chi connectivity index (χ0v) is 18.8. The Morgan fingerprint density at radius 3 is 2.30 bits per heavy atom. The summed E-state index contributed by atoms with van der Waals surface area (Å²) in [7, 11) is 0. The number of unbranched alkanes of at least 4 members (excludes halogenated alkanes) is 3. The Morgan fingerprint density at radius 1 is 1.15 bits per heavy atom. The van der Waals surface area contributed by atoms with Gasteiger partial charge in [-0.1, -0.05) is 62.6 Å². The molecule has 0 spiro atoms. The quantitative estimate of drug-likeness (QED) is 0.287. The summed E-state index contributed by atoms with van der Waals surface area (Å²) in [5, 5.41) is 21.8. The van der Waals surface area contributed by atoms with Gasteiger partial charge in [-0.2, -0.15) is 0 Å². The summed E-state index contributed by atoms with van der Waals surface area (Å²) in [4.78, 5) is 12.3. The SMILES string of the molecule is CC(C)(CCCCCCI)c1cc(O)c([C@@]23CC(=O)[C@@H]4C[C@H]2C43C)c(O)c1. The van der Waals surface area contributed by atoms with Gasteiger partial charge >= 0.3 is 0 Å². The van der Waals surface area contributed by atoms with E-state index in [9.17, 15) is 15.0 Å². The molecule has 3 fully saturated rings. The number of phenols is 2. The third-order valence-electron chi connectivity index (χ3n) is 8.24. The fourth-order valence-electron chi connectivity index (χ4n) is 6.47. The average Bonchev–Trinajstić information content (AvgIpc) is 2.88. The lowest BCUT2D eigenvalue weighted by molar-refractivity contribution is -0.126. The Bertz CT molecular complexity index is 763. The van der Waals surface area contributed by atoms with Crippen molar-refractivity contribution in [2.45, 2.75) is 76.5 Å². The van der Waals surface area contributed by atoms with Crippen LogP contribution in [0.3, 0.4) is 0 Å². The van der Waals surface area contributed by atoms with E-state index in [2.05, 4.69) is 43.4 Å². The van der Waals surface area contributed by atoms with Gasteiger partial charge in [0.25, 0.3) is 0 Å². The summed E-state index contributed by atoms with van der Waals surface area (Å²) >= 11 is 2.43. The van der Waals surface area contributed by atoms with Crippen LogP contribution in [0.25, 0.3) is 0 Å². The third-order valence-corrected chi connectivity index (χ3v) is 9.01. The summed E-state index contributed by atoms with van der Waals surface area (Å²) in [6.45, 7) is 6.55. The summed E-state index contributed by atoms with van der Waals surface area (Å²) in [5.74, 6) is 1.27. The van der Waals surface area contributed by atoms with Crippen LogP contribution in [0.1, 0.15) is 76.8 Å². The maximum Gasteiger partial charge on any atom is 0.137 e. The van der Waals surface area contributed by atoms with Crippen LogP contribution in [0.4, 0.5) is 0 Å². The molecule has 4 atom stereocenters. The van der Waals surface area contributed by atoms with Crippen molar-refractivity contribution in [1.29, 1.82) is 0 Å². The molecule has 1 aromatic rings. The maximum atomic E-state index is 12.3. The molecule has 3 nitrogen and oxygen atoms in total. The molecule has 0 bridgehead atoms. The Labute approximate surface area is 176 Å². The highest BCUT2D eigenvalue weighted by Crippen LogP contribution is 2.89. The highest BCUT2D eigenvalue weighted by molar-refractivity contribution is 14.1. The van der Waals surface area contributed by atoms with E-state index in [0.29, 0.717) is 23.7 Å². The lowest BCUT2D eigenvalue weighted by atomic mass is 9.73. The van der Waals surface area contributed by atoms with Crippen LogP contribution < -0.4 is 0 Å². The van der Waals surface area contributed by atoms with Gasteiger partial charge in [0.05, 0.1) is 0 Å². The molecule has 4 rings (SSSR count). The average molecular weight is 482 g/mol. The van der Waals surface area contributed by atoms with Crippen molar-refractivity contribution in [3.8, 4) is 11.5 Å². The van der Waals surface area contributed by atoms with Crippen LogP contribution in [-0.2, 0) is 15.6 Å². The number of hydrogen-bond acceptors (Lipinski definition) is 3. The predicted octanol–water partition coefficient (Wildman–Crippen LogP) is 5.63. The number of ketones is 1. The lowest BCUT2D eigenvalue weighted by Gasteiger charge is -2.30. The highest BCUT2D eigenvalue weighted by Gasteiger charge is 2.89. The first-order valence-electron chi connectivity index (χ1n) is 10.4. The second-order valence-corrected chi connectivity index (χ2v) is 10.9. The van der Waals surface area contributed by atoms with Gasteiger partial charge in [-0.15, -0.1) is 0 Å². The zero-order chi connectivity index (χ0) is 19.6. The molecule has 4 heteroatoms. The number of Topliss-reactive ketones (excluding diaryl/α,β-unsaturated/α-hetero) is 1. The largest absolute Gasteiger partial charge is 0.507 e. The number of rotatable bonds is 8. The molecular weight excluding hydrogens is 451 g/mol. The van der Waals surface area contributed by atoms with Crippen LogP contribution in [-0.4, -0.2) is 20.4 Å². The molecule has 3 aliphatic carbocycles. The smallest absolute Gasteiger partial charge is 0.137 e. The summed E-state index contributed by atoms with van der Waals surface area (Å²) in [5.41, 5.74) is 1.20. The number of carbonyl (C=O) groups excluding carboxylic acids is 1. The molecule has 148 valence electrons. The van der Waals surface area contributed by atoms with E-state index in [1.54, 1.807) is 0 Å². The Morgan fingerprint density at radius 2 is 1.78 bits per heavy atom. The fraction of sp³-hybridized carbons (Fsp3) is 0.696. The van der Waals surface area contributed by atoms with Gasteiger partial charge in [0.15, 0.2) is 0 Å². The normalized spacial score (nSPS) is 33.7. The molecule has 0 aliphatic heterocycles. The summed E-state index contributed by atoms with van der Waals surface area (Å²) in [6, 6.07) is 3.71. The predicted molar refractivity (Wildman–Crippen MR) is 116 cm³/mol. The van der Waals surface area contributed by atoms with E-state index in [4.69, 9.17) is 0 Å². The van der Waals surface area contributed by atoms with Gasteiger partial charge in [0.1, 0.15) is 17.3 Å². The van der Waals surface area contributed by atoms with Crippen LogP contribution in [0.5, 0.6) is 11.5 Å². The van der Waals surface area contributed by atoms with Gasteiger partial charge < -0.3 is 10.2 Å². The number of hydrogen-bond donors (Lipinski definition) is 2. The van der Waals surface area contributed by atoms with Crippen LogP contribution in [0, 0.1) is 17.3 Å². The molecule has 0 saturated heterocycles. The van der Waals surface area contributed by atoms with E-state index in [-0.39, 0.29) is 33.7 Å². The maximum absolute atomic E-state index is 12.3. The first-order valence-corrected chi connectivity index (χ1v) is 11.9. The van der Waals surface area contributed by atoms with Crippen molar-refractivity contribution >= 4 is 28.4 Å². The molecular formula is C23H31IO3. The lowest BCUT2D eigenvalue weighted by Crippen LogP contribution is -2.31. The first-order chi connectivity index (χ1) is 12.7. The standard InChI is InChI=1S/C23H31IO3/c1-21(2,8-6-4-5-7-9-24)14-10-16(25)20(17(26)11-14)23-13-18(27)15-12-19(23)22(15,23)3/h10-11,15,19,25-26H,4-9,12-13H2,1-3H3/t15-,19-,22?,23+/m0/s1. The Hall–Kier alpha value is -0.780. The van der Waals surface area contributed by atoms with Gasteiger partial charge in [0, 0.05) is 23.3 Å². The molecule has 3 aliphatic rings. The number of halogens is 1. The van der Waals surface area contributed by atoms with E-state index < -0.39 is 0 Å². The molecule has 3 saturated carbocycles. The number of phenolic OH excluding ortho intramolecular Hbond substituents is 2. The molecule has 0 heterocycles. The molecule has 1 unspecified atom stereocenters. The van der Waals surface area contributed by atoms with Gasteiger partial charge in [-0.25, -0.2) is 0 Å². The second-order valence-electron chi connectivity index (χ2n) is 9.86. The van der Waals surface area contributed by atoms with Gasteiger partial charge in [-0.3, -0.25) is 4.79 Å². The van der Waals surface area contributed by atoms with Crippen molar-refractivity contribution in [3.05, 3.63) is 23.3 Å². The van der Waals surface area contributed by atoms with E-state index in [1.807, 2.05) is 12.1 Å². The number of aromatic hydroxyl groups is 2. The number of fused-ring (bicyclic) bond motifs is 1. The molecule has 0 amide bonds. The Kier molecular flexibility index (Phi) is 4.60. The van der Waals surface area contributed by atoms with Gasteiger partial charge in [-0.05, 0) is 58.1 Å². The van der Waals surface area contributed by atoms with Crippen molar-refractivity contribution in [2.75, 3.05) is 4.43 Å². The van der Waals surface area contributed by atoms with Crippen molar-refractivity contribution < 1.29 is 15.0 Å². The molecule has 2 N–H and O–H groups in total.